The van der Waals surface area contributed by atoms with E-state index in [4.69, 9.17) is 9.47 Å². The van der Waals surface area contributed by atoms with Crippen molar-refractivity contribution in [1.82, 2.24) is 5.32 Å². The van der Waals surface area contributed by atoms with Gasteiger partial charge in [-0.05, 0) is 36.6 Å². The second-order valence-corrected chi connectivity index (χ2v) is 6.15. The summed E-state index contributed by atoms with van der Waals surface area (Å²) in [6.07, 6.45) is -4.88. The molecule has 1 aliphatic heterocycles. The van der Waals surface area contributed by atoms with Gasteiger partial charge in [-0.1, -0.05) is 25.6 Å². The van der Waals surface area contributed by atoms with Gasteiger partial charge in [0.15, 0.2) is 0 Å². The number of nitrogens with one attached hydrogen (secondary N) is 1. The highest BCUT2D eigenvalue weighted by molar-refractivity contribution is 7.96. The molecule has 1 saturated heterocycles. The summed E-state index contributed by atoms with van der Waals surface area (Å²) >= 11 is 3.67. The van der Waals surface area contributed by atoms with E-state index >= 15 is 0 Å². The number of hydrogen-bond acceptors (Lipinski definition) is 6. The second kappa shape index (κ2) is 8.17. The quantitative estimate of drug-likeness (QED) is 0.494. The molecule has 134 valence electrons. The molecule has 1 aromatic rings. The Morgan fingerprint density at radius 3 is 2.58 bits per heavy atom. The van der Waals surface area contributed by atoms with Gasteiger partial charge < -0.3 is 30.1 Å². The summed E-state index contributed by atoms with van der Waals surface area (Å²) in [5, 5.41) is 31.7. The van der Waals surface area contributed by atoms with Gasteiger partial charge in [-0.15, -0.1) is 0 Å². The zero-order valence-electron chi connectivity index (χ0n) is 13.5. The van der Waals surface area contributed by atoms with Gasteiger partial charge in [-0.2, -0.15) is 0 Å². The number of aliphatic hydroxyl groups is 3. The number of carbonyl (C=O) groups is 1. The number of rotatable bonds is 5. The Hall–Kier alpha value is -1.32. The zero-order valence-corrected chi connectivity index (χ0v) is 14.4. The molecule has 7 nitrogen and oxygen atoms in total. The third-order valence-electron chi connectivity index (χ3n) is 4.05. The van der Waals surface area contributed by atoms with Gasteiger partial charge in [0, 0.05) is 6.54 Å². The third kappa shape index (κ3) is 4.40. The van der Waals surface area contributed by atoms with Gasteiger partial charge in [0.25, 0.3) is 5.24 Å². The fourth-order valence-electron chi connectivity index (χ4n) is 2.59. The number of ether oxygens (including phenoxy) is 2. The van der Waals surface area contributed by atoms with Crippen LogP contribution in [0.2, 0.25) is 0 Å². The lowest BCUT2D eigenvalue weighted by Gasteiger charge is -2.38. The van der Waals surface area contributed by atoms with Crippen molar-refractivity contribution in [2.24, 2.45) is 0 Å². The molecule has 1 amide bonds. The fourth-order valence-corrected chi connectivity index (χ4v) is 2.67. The van der Waals surface area contributed by atoms with Crippen molar-refractivity contribution in [3.8, 4) is 5.75 Å². The topological polar surface area (TPSA) is 108 Å². The minimum absolute atomic E-state index is 0.357. The van der Waals surface area contributed by atoms with Gasteiger partial charge in [0.1, 0.15) is 24.1 Å². The molecule has 0 aromatic heterocycles. The van der Waals surface area contributed by atoms with Gasteiger partial charge in [0.05, 0.1) is 6.10 Å². The number of aliphatic hydroxyl groups excluding tert-OH is 3. The lowest BCUT2D eigenvalue weighted by Crippen LogP contribution is -2.58. The standard InChI is InChI=1S/C16H23NO6S/c1-3-9-6-11(5-4-10(9)7-17-16(21)24)23-15-14(20)13(19)12(18)8(2)22-15/h4-6,8,12-15,18-20H,3,7H2,1-2H3,(H2,17,21,24)/t8-,12-,13+,14+,15-/m0/s1. The van der Waals surface area contributed by atoms with Crippen molar-refractivity contribution in [3.05, 3.63) is 29.3 Å². The van der Waals surface area contributed by atoms with E-state index in [2.05, 4.69) is 17.9 Å². The number of aryl methyl sites for hydroxylation is 1. The molecule has 1 aliphatic rings. The lowest BCUT2D eigenvalue weighted by atomic mass is 10.00. The Morgan fingerprint density at radius 1 is 1.25 bits per heavy atom. The molecule has 8 heteroatoms. The molecular weight excluding hydrogens is 334 g/mol. The van der Waals surface area contributed by atoms with Crippen LogP contribution in [-0.2, 0) is 17.7 Å². The smallest absolute Gasteiger partial charge is 0.276 e. The number of thiol groups is 1. The molecule has 0 saturated carbocycles. The average Bonchev–Trinajstić information content (AvgIpc) is 2.56. The van der Waals surface area contributed by atoms with E-state index in [0.29, 0.717) is 12.3 Å². The first-order valence-corrected chi connectivity index (χ1v) is 8.23. The molecule has 4 N–H and O–H groups in total. The van der Waals surface area contributed by atoms with E-state index in [1.165, 1.54) is 0 Å². The number of benzene rings is 1. The van der Waals surface area contributed by atoms with Crippen LogP contribution in [0.25, 0.3) is 0 Å². The van der Waals surface area contributed by atoms with Gasteiger partial charge >= 0.3 is 0 Å². The Balaban J connectivity index is 2.10. The van der Waals surface area contributed by atoms with Crippen LogP contribution in [0.3, 0.4) is 0 Å². The first-order valence-electron chi connectivity index (χ1n) is 7.78. The molecule has 24 heavy (non-hydrogen) atoms. The Kier molecular flexibility index (Phi) is 6.47. The molecule has 0 unspecified atom stereocenters. The molecule has 1 aromatic carbocycles. The normalized spacial score (nSPS) is 30.0. The first-order chi connectivity index (χ1) is 11.3. The average molecular weight is 357 g/mol. The summed E-state index contributed by atoms with van der Waals surface area (Å²) < 4.78 is 11.1. The maximum absolute atomic E-state index is 10.9. The van der Waals surface area contributed by atoms with Crippen LogP contribution in [-0.4, -0.2) is 51.3 Å². The largest absolute Gasteiger partial charge is 0.462 e. The molecule has 0 bridgehead atoms. The maximum atomic E-state index is 10.9. The van der Waals surface area contributed by atoms with Crippen molar-refractivity contribution in [3.63, 3.8) is 0 Å². The molecular formula is C16H23NO6S. The molecule has 2 rings (SSSR count). The van der Waals surface area contributed by atoms with Gasteiger partial charge in [-0.25, -0.2) is 0 Å². The van der Waals surface area contributed by atoms with E-state index in [-0.39, 0.29) is 0 Å². The van der Waals surface area contributed by atoms with E-state index in [0.717, 1.165) is 17.5 Å². The minimum Gasteiger partial charge on any atom is -0.462 e. The second-order valence-electron chi connectivity index (χ2n) is 5.74. The van der Waals surface area contributed by atoms with Crippen molar-refractivity contribution in [2.75, 3.05) is 0 Å². The highest BCUT2D eigenvalue weighted by atomic mass is 32.1. The van der Waals surface area contributed by atoms with Crippen molar-refractivity contribution in [2.45, 2.75) is 57.5 Å². The molecule has 1 fully saturated rings. The number of hydrogen-bond donors (Lipinski definition) is 5. The molecule has 1 heterocycles. The molecule has 0 spiro atoms. The molecule has 0 aliphatic carbocycles. The summed E-state index contributed by atoms with van der Waals surface area (Å²) in [6, 6.07) is 5.29. The molecule has 5 atom stereocenters. The summed E-state index contributed by atoms with van der Waals surface area (Å²) in [5.74, 6) is 0.465. The van der Waals surface area contributed by atoms with Crippen molar-refractivity contribution < 1.29 is 29.6 Å². The first kappa shape index (κ1) is 19.0. The summed E-state index contributed by atoms with van der Waals surface area (Å²) in [4.78, 5) is 10.9. The maximum Gasteiger partial charge on any atom is 0.276 e. The minimum atomic E-state index is -1.36. The summed E-state index contributed by atoms with van der Waals surface area (Å²) in [5.41, 5.74) is 1.90. The van der Waals surface area contributed by atoms with Crippen molar-refractivity contribution >= 4 is 17.9 Å². The van der Waals surface area contributed by atoms with E-state index in [1.54, 1.807) is 19.1 Å². The van der Waals surface area contributed by atoms with Crippen LogP contribution < -0.4 is 10.1 Å². The van der Waals surface area contributed by atoms with E-state index in [1.807, 2.05) is 13.0 Å². The van der Waals surface area contributed by atoms with Gasteiger partial charge in [-0.3, -0.25) is 4.79 Å². The predicted octanol–water partition coefficient (Wildman–Crippen LogP) is 0.595. The predicted molar refractivity (Wildman–Crippen MR) is 90.0 cm³/mol. The van der Waals surface area contributed by atoms with Crippen molar-refractivity contribution in [1.29, 1.82) is 0 Å². The summed E-state index contributed by atoms with van der Waals surface area (Å²) in [6.45, 7) is 3.92. The fraction of sp³-hybridized carbons (Fsp3) is 0.562. The van der Waals surface area contributed by atoms with Gasteiger partial charge in [0.2, 0.25) is 6.29 Å². The SMILES string of the molecule is CCc1cc(O[C@@H]2O[C@@H](C)[C@H](O)[C@@H](O)[C@H]2O)ccc1CNC(=O)S. The Labute approximate surface area is 146 Å². The van der Waals surface area contributed by atoms with Crippen LogP contribution in [0.15, 0.2) is 18.2 Å². The zero-order chi connectivity index (χ0) is 17.9. The Bertz CT molecular complexity index is 584. The van der Waals surface area contributed by atoms with Crippen LogP contribution in [0.1, 0.15) is 25.0 Å². The van der Waals surface area contributed by atoms with E-state index in [9.17, 15) is 20.1 Å². The van der Waals surface area contributed by atoms with E-state index < -0.39 is 35.9 Å². The Morgan fingerprint density at radius 2 is 1.96 bits per heavy atom. The highest BCUT2D eigenvalue weighted by Gasteiger charge is 2.43. The number of amides is 1. The number of carbonyl (C=O) groups excluding carboxylic acids is 1. The van der Waals surface area contributed by atoms with Crippen LogP contribution in [0, 0.1) is 0 Å². The monoisotopic (exact) mass is 357 g/mol. The summed E-state index contributed by atoms with van der Waals surface area (Å²) in [7, 11) is 0. The van der Waals surface area contributed by atoms with Crippen LogP contribution >= 0.6 is 12.6 Å². The third-order valence-corrected chi connectivity index (χ3v) is 4.21. The lowest BCUT2D eigenvalue weighted by molar-refractivity contribution is -0.268. The van der Waals surface area contributed by atoms with Crippen LogP contribution in [0.5, 0.6) is 5.75 Å². The van der Waals surface area contributed by atoms with Crippen LogP contribution in [0.4, 0.5) is 4.79 Å². The molecule has 0 radical (unpaired) electrons. The highest BCUT2D eigenvalue weighted by Crippen LogP contribution is 2.26.